The van der Waals surface area contributed by atoms with Crippen LogP contribution in [0, 0.1) is 0 Å². The molecule has 7 heteroatoms. The first-order valence-corrected chi connectivity index (χ1v) is 9.45. The van der Waals surface area contributed by atoms with Gasteiger partial charge in [-0.05, 0) is 43.2 Å². The molecule has 0 radical (unpaired) electrons. The highest BCUT2D eigenvalue weighted by molar-refractivity contribution is 5.92. The van der Waals surface area contributed by atoms with Gasteiger partial charge in [-0.15, -0.1) is 0 Å². The van der Waals surface area contributed by atoms with Crippen LogP contribution in [-0.2, 0) is 14.3 Å². The first kappa shape index (κ1) is 21.9. The number of carbonyl (C=O) groups excluding carboxylic acids is 3. The molecular weight excluding hydrogens is 372 g/mol. The number of amides is 2. The average Bonchev–Trinajstić information content (AvgIpc) is 2.73. The molecule has 2 atom stereocenters. The summed E-state index contributed by atoms with van der Waals surface area (Å²) in [7, 11) is 0. The Balaban J connectivity index is 1.85. The molecule has 2 rings (SSSR count). The van der Waals surface area contributed by atoms with E-state index in [9.17, 15) is 14.4 Å². The summed E-state index contributed by atoms with van der Waals surface area (Å²) in [4.78, 5) is 35.3. The van der Waals surface area contributed by atoms with Crippen LogP contribution in [0.15, 0.2) is 54.6 Å². The van der Waals surface area contributed by atoms with Gasteiger partial charge >= 0.3 is 5.97 Å². The van der Waals surface area contributed by atoms with Crippen LogP contribution in [0.2, 0.25) is 0 Å². The Hall–Kier alpha value is -3.35. The largest absolute Gasteiger partial charge is 0.484 e. The Morgan fingerprint density at radius 3 is 2.28 bits per heavy atom. The minimum absolute atomic E-state index is 0.191. The topological polar surface area (TPSA) is 108 Å². The SMILES string of the molecule is CC[C@H](CNC(=O)[C@@H](C)OC(=O)c1ccc(OCC(N)=O)cc1)c1ccccc1. The minimum Gasteiger partial charge on any atom is -0.484 e. The van der Waals surface area contributed by atoms with Gasteiger partial charge in [0.1, 0.15) is 5.75 Å². The Morgan fingerprint density at radius 1 is 1.03 bits per heavy atom. The number of rotatable bonds is 10. The lowest BCUT2D eigenvalue weighted by Gasteiger charge is -2.18. The molecule has 2 aromatic carbocycles. The quantitative estimate of drug-likeness (QED) is 0.598. The van der Waals surface area contributed by atoms with Crippen molar-refractivity contribution in [3.05, 3.63) is 65.7 Å². The van der Waals surface area contributed by atoms with E-state index in [1.165, 1.54) is 31.2 Å². The smallest absolute Gasteiger partial charge is 0.338 e. The first-order chi connectivity index (χ1) is 13.9. The molecule has 0 aromatic heterocycles. The van der Waals surface area contributed by atoms with Crippen LogP contribution < -0.4 is 15.8 Å². The average molecular weight is 398 g/mol. The number of nitrogens with two attached hydrogens (primary N) is 1. The summed E-state index contributed by atoms with van der Waals surface area (Å²) in [6, 6.07) is 16.0. The molecule has 29 heavy (non-hydrogen) atoms. The molecule has 0 aliphatic carbocycles. The summed E-state index contributed by atoms with van der Waals surface area (Å²) in [6.45, 7) is 3.81. The van der Waals surface area contributed by atoms with E-state index in [1.54, 1.807) is 0 Å². The van der Waals surface area contributed by atoms with E-state index in [0.717, 1.165) is 12.0 Å². The van der Waals surface area contributed by atoms with E-state index in [0.29, 0.717) is 12.3 Å². The van der Waals surface area contributed by atoms with E-state index in [-0.39, 0.29) is 24.0 Å². The number of carbonyl (C=O) groups is 3. The zero-order valence-corrected chi connectivity index (χ0v) is 16.6. The maximum absolute atomic E-state index is 12.3. The molecular formula is C22H26N2O5. The van der Waals surface area contributed by atoms with Gasteiger partial charge in [-0.2, -0.15) is 0 Å². The van der Waals surface area contributed by atoms with E-state index < -0.39 is 18.0 Å². The fourth-order valence-corrected chi connectivity index (χ4v) is 2.71. The number of primary amides is 1. The van der Waals surface area contributed by atoms with Crippen LogP contribution in [0.25, 0.3) is 0 Å². The third-order valence-electron chi connectivity index (χ3n) is 4.41. The van der Waals surface area contributed by atoms with Crippen LogP contribution in [0.3, 0.4) is 0 Å². The van der Waals surface area contributed by atoms with Crippen LogP contribution in [0.5, 0.6) is 5.75 Å². The molecule has 0 fully saturated rings. The lowest BCUT2D eigenvalue weighted by Crippen LogP contribution is -2.38. The molecule has 0 aliphatic rings. The van der Waals surface area contributed by atoms with E-state index in [4.69, 9.17) is 15.2 Å². The lowest BCUT2D eigenvalue weighted by atomic mass is 9.96. The van der Waals surface area contributed by atoms with Crippen molar-refractivity contribution in [2.75, 3.05) is 13.2 Å². The normalized spacial score (nSPS) is 12.5. The molecule has 0 heterocycles. The molecule has 0 saturated heterocycles. The number of hydrogen-bond acceptors (Lipinski definition) is 5. The van der Waals surface area contributed by atoms with Crippen molar-refractivity contribution >= 4 is 17.8 Å². The molecule has 2 aromatic rings. The Morgan fingerprint density at radius 2 is 1.69 bits per heavy atom. The van der Waals surface area contributed by atoms with Crippen LogP contribution in [0.1, 0.15) is 42.1 Å². The second-order valence-electron chi connectivity index (χ2n) is 6.59. The molecule has 154 valence electrons. The van der Waals surface area contributed by atoms with E-state index >= 15 is 0 Å². The van der Waals surface area contributed by atoms with Gasteiger partial charge in [-0.1, -0.05) is 37.3 Å². The molecule has 0 spiro atoms. The highest BCUT2D eigenvalue weighted by atomic mass is 16.5. The number of hydrogen-bond donors (Lipinski definition) is 2. The molecule has 0 unspecified atom stereocenters. The standard InChI is InChI=1S/C22H26N2O5/c1-3-16(17-7-5-4-6-8-17)13-24-21(26)15(2)29-22(27)18-9-11-19(12-10-18)28-14-20(23)25/h4-12,15-16H,3,13-14H2,1-2H3,(H2,23,25)(H,24,26)/t15-,16-/m1/s1. The second-order valence-corrected chi connectivity index (χ2v) is 6.59. The van der Waals surface area contributed by atoms with Crippen molar-refractivity contribution in [2.45, 2.75) is 32.3 Å². The summed E-state index contributed by atoms with van der Waals surface area (Å²) in [6.07, 6.45) is -0.0515. The Labute approximate surface area is 170 Å². The van der Waals surface area contributed by atoms with Gasteiger partial charge in [0.05, 0.1) is 5.56 Å². The van der Waals surface area contributed by atoms with Crippen LogP contribution in [-0.4, -0.2) is 37.0 Å². The zero-order valence-electron chi connectivity index (χ0n) is 16.6. The summed E-state index contributed by atoms with van der Waals surface area (Å²) in [5.41, 5.74) is 6.43. The first-order valence-electron chi connectivity index (χ1n) is 9.45. The number of nitrogens with one attached hydrogen (secondary N) is 1. The molecule has 0 saturated carbocycles. The number of benzene rings is 2. The number of esters is 1. The summed E-state index contributed by atoms with van der Waals surface area (Å²) >= 11 is 0. The molecule has 0 bridgehead atoms. The fraction of sp³-hybridized carbons (Fsp3) is 0.318. The molecule has 3 N–H and O–H groups in total. The van der Waals surface area contributed by atoms with Gasteiger partial charge < -0.3 is 20.5 Å². The molecule has 7 nitrogen and oxygen atoms in total. The number of ether oxygens (including phenoxy) is 2. The maximum atomic E-state index is 12.3. The maximum Gasteiger partial charge on any atom is 0.338 e. The van der Waals surface area contributed by atoms with Crippen molar-refractivity contribution in [1.82, 2.24) is 5.32 Å². The van der Waals surface area contributed by atoms with Crippen LogP contribution >= 0.6 is 0 Å². The van der Waals surface area contributed by atoms with Crippen molar-refractivity contribution < 1.29 is 23.9 Å². The second kappa shape index (κ2) is 10.8. The minimum atomic E-state index is -0.929. The van der Waals surface area contributed by atoms with Gasteiger partial charge in [0.15, 0.2) is 12.7 Å². The molecule has 0 aliphatic heterocycles. The Bertz CT molecular complexity index is 821. The van der Waals surface area contributed by atoms with Gasteiger partial charge in [0, 0.05) is 12.5 Å². The van der Waals surface area contributed by atoms with Crippen molar-refractivity contribution in [3.63, 3.8) is 0 Å². The van der Waals surface area contributed by atoms with Gasteiger partial charge in [-0.3, -0.25) is 9.59 Å². The van der Waals surface area contributed by atoms with Crippen molar-refractivity contribution in [2.24, 2.45) is 5.73 Å². The highest BCUT2D eigenvalue weighted by Gasteiger charge is 2.20. The van der Waals surface area contributed by atoms with Crippen LogP contribution in [0.4, 0.5) is 0 Å². The zero-order chi connectivity index (χ0) is 21.2. The summed E-state index contributed by atoms with van der Waals surface area (Å²) in [5, 5.41) is 2.85. The van der Waals surface area contributed by atoms with Gasteiger partial charge in [-0.25, -0.2) is 4.79 Å². The lowest BCUT2D eigenvalue weighted by molar-refractivity contribution is -0.129. The predicted octanol–water partition coefficient (Wildman–Crippen LogP) is 2.41. The fourth-order valence-electron chi connectivity index (χ4n) is 2.71. The summed E-state index contributed by atoms with van der Waals surface area (Å²) < 4.78 is 10.4. The highest BCUT2D eigenvalue weighted by Crippen LogP contribution is 2.18. The van der Waals surface area contributed by atoms with Crippen molar-refractivity contribution in [3.8, 4) is 5.75 Å². The van der Waals surface area contributed by atoms with E-state index in [1.807, 2.05) is 30.3 Å². The monoisotopic (exact) mass is 398 g/mol. The third kappa shape index (κ3) is 6.95. The summed E-state index contributed by atoms with van der Waals surface area (Å²) in [5.74, 6) is -0.974. The van der Waals surface area contributed by atoms with Crippen molar-refractivity contribution in [1.29, 1.82) is 0 Å². The Kier molecular flexibility index (Phi) is 8.21. The third-order valence-corrected chi connectivity index (χ3v) is 4.41. The predicted molar refractivity (Wildman–Crippen MR) is 108 cm³/mol. The van der Waals surface area contributed by atoms with Gasteiger partial charge in [0.2, 0.25) is 0 Å². The molecule has 2 amide bonds. The van der Waals surface area contributed by atoms with E-state index in [2.05, 4.69) is 12.2 Å². The van der Waals surface area contributed by atoms with Gasteiger partial charge in [0.25, 0.3) is 11.8 Å².